The van der Waals surface area contributed by atoms with Crippen molar-refractivity contribution in [3.63, 3.8) is 0 Å². The van der Waals surface area contributed by atoms with Crippen LogP contribution in [0.3, 0.4) is 0 Å². The first-order valence-electron chi connectivity index (χ1n) is 14.7. The molecule has 1 aromatic heterocycles. The van der Waals surface area contributed by atoms with Gasteiger partial charge in [-0.15, -0.1) is 11.3 Å². The van der Waals surface area contributed by atoms with E-state index in [1.165, 1.54) is 86.2 Å². The van der Waals surface area contributed by atoms with E-state index < -0.39 is 0 Å². The summed E-state index contributed by atoms with van der Waals surface area (Å²) in [6.07, 6.45) is 0. The molecule has 0 amide bonds. The molecule has 0 aliphatic heterocycles. The molecule has 0 atom stereocenters. The molecule has 1 aliphatic rings. The summed E-state index contributed by atoms with van der Waals surface area (Å²) in [5.74, 6) is 0. The average Bonchev–Trinajstić information content (AvgIpc) is 3.52. The zero-order valence-corrected chi connectivity index (χ0v) is 24.4. The predicted molar refractivity (Wildman–Crippen MR) is 183 cm³/mol. The maximum Gasteiger partial charge on any atom is 0.0361 e. The summed E-state index contributed by atoms with van der Waals surface area (Å²) >= 11 is 1.91. The molecular weight excluding hydrogens is 525 g/mol. The second-order valence-electron chi connectivity index (χ2n) is 12.1. The Morgan fingerprint density at radius 1 is 0.429 bits per heavy atom. The molecule has 1 heterocycles. The van der Waals surface area contributed by atoms with Crippen molar-refractivity contribution < 1.29 is 0 Å². The van der Waals surface area contributed by atoms with Crippen molar-refractivity contribution >= 4 is 53.1 Å². The second-order valence-corrected chi connectivity index (χ2v) is 13.1. The van der Waals surface area contributed by atoms with E-state index in [-0.39, 0.29) is 5.41 Å². The van der Waals surface area contributed by atoms with Crippen LogP contribution < -0.4 is 0 Å². The first-order valence-corrected chi connectivity index (χ1v) is 15.5. The van der Waals surface area contributed by atoms with Crippen LogP contribution in [-0.4, -0.2) is 0 Å². The fourth-order valence-corrected chi connectivity index (χ4v) is 8.67. The molecule has 0 saturated carbocycles. The molecule has 7 aromatic carbocycles. The SMILES string of the molecule is CC1(C)c2ccccc2-c2c1ccc1sc3ccc(-c4c5ccccc5c(-c5ccccc5)c5ccccc45)cc3c21. The molecule has 0 nitrogen and oxygen atoms in total. The van der Waals surface area contributed by atoms with Crippen LogP contribution in [0.15, 0.2) is 133 Å². The van der Waals surface area contributed by atoms with Gasteiger partial charge in [0.05, 0.1) is 0 Å². The van der Waals surface area contributed by atoms with Crippen molar-refractivity contribution in [2.75, 3.05) is 0 Å². The van der Waals surface area contributed by atoms with Gasteiger partial charge in [-0.2, -0.15) is 0 Å². The Balaban J connectivity index is 1.39. The molecule has 1 heteroatoms. The lowest BCUT2D eigenvalue weighted by atomic mass is 9.82. The van der Waals surface area contributed by atoms with Gasteiger partial charge in [0.25, 0.3) is 0 Å². The van der Waals surface area contributed by atoms with Gasteiger partial charge in [-0.25, -0.2) is 0 Å². The highest BCUT2D eigenvalue weighted by molar-refractivity contribution is 7.26. The third-order valence-corrected chi connectivity index (χ3v) is 10.6. The third kappa shape index (κ3) is 3.17. The van der Waals surface area contributed by atoms with Gasteiger partial charge in [-0.05, 0) is 84.3 Å². The molecule has 1 aliphatic carbocycles. The van der Waals surface area contributed by atoms with Crippen LogP contribution in [-0.2, 0) is 5.41 Å². The second kappa shape index (κ2) is 8.64. The molecule has 0 fully saturated rings. The van der Waals surface area contributed by atoms with Gasteiger partial charge in [0.1, 0.15) is 0 Å². The van der Waals surface area contributed by atoms with Crippen LogP contribution in [0.4, 0.5) is 0 Å². The summed E-state index contributed by atoms with van der Waals surface area (Å²) < 4.78 is 2.71. The summed E-state index contributed by atoms with van der Waals surface area (Å²) in [6.45, 7) is 4.74. The number of benzene rings is 7. The minimum Gasteiger partial charge on any atom is -0.135 e. The Morgan fingerprint density at radius 3 is 1.69 bits per heavy atom. The van der Waals surface area contributed by atoms with E-state index in [9.17, 15) is 0 Å². The molecule has 0 N–H and O–H groups in total. The minimum absolute atomic E-state index is 0.00827. The maximum absolute atomic E-state index is 2.47. The standard InChI is InChI=1S/C41H28S/c1-41(2)33-19-11-10-18-31(33)39-34(41)21-23-36-40(39)32-24-26(20-22-35(32)42-36)38-29-16-8-6-14-27(29)37(25-12-4-3-5-13-25)28-15-7-9-17-30(28)38/h3-24H,1-2H3. The van der Waals surface area contributed by atoms with Gasteiger partial charge in [0, 0.05) is 25.6 Å². The number of hydrogen-bond acceptors (Lipinski definition) is 1. The number of thiophene rings is 1. The molecule has 8 aromatic rings. The summed E-state index contributed by atoms with van der Waals surface area (Å²) in [7, 11) is 0. The highest BCUT2D eigenvalue weighted by atomic mass is 32.1. The van der Waals surface area contributed by atoms with Crippen LogP contribution >= 0.6 is 11.3 Å². The lowest BCUT2D eigenvalue weighted by Crippen LogP contribution is -2.14. The van der Waals surface area contributed by atoms with E-state index in [2.05, 4.69) is 147 Å². The van der Waals surface area contributed by atoms with E-state index >= 15 is 0 Å². The van der Waals surface area contributed by atoms with Crippen molar-refractivity contribution in [2.45, 2.75) is 19.3 Å². The van der Waals surface area contributed by atoms with Gasteiger partial charge in [0.2, 0.25) is 0 Å². The third-order valence-electron chi connectivity index (χ3n) is 9.46. The average molecular weight is 553 g/mol. The highest BCUT2D eigenvalue weighted by Crippen LogP contribution is 2.54. The van der Waals surface area contributed by atoms with Crippen LogP contribution in [0.2, 0.25) is 0 Å². The molecule has 9 rings (SSSR count). The summed E-state index contributed by atoms with van der Waals surface area (Å²) in [5, 5.41) is 7.95. The smallest absolute Gasteiger partial charge is 0.0361 e. The van der Waals surface area contributed by atoms with Crippen molar-refractivity contribution in [3.8, 4) is 33.4 Å². The minimum atomic E-state index is -0.00827. The van der Waals surface area contributed by atoms with Crippen LogP contribution in [0.5, 0.6) is 0 Å². The number of rotatable bonds is 2. The van der Waals surface area contributed by atoms with Crippen LogP contribution in [0.25, 0.3) is 75.1 Å². The Morgan fingerprint density at radius 2 is 1.00 bits per heavy atom. The van der Waals surface area contributed by atoms with E-state index in [4.69, 9.17) is 0 Å². The van der Waals surface area contributed by atoms with E-state index in [0.29, 0.717) is 0 Å². The van der Waals surface area contributed by atoms with Crippen LogP contribution in [0.1, 0.15) is 25.0 Å². The molecule has 42 heavy (non-hydrogen) atoms. The molecule has 0 radical (unpaired) electrons. The fourth-order valence-electron chi connectivity index (χ4n) is 7.57. The number of fused-ring (bicyclic) bond motifs is 9. The molecule has 0 bridgehead atoms. The molecule has 0 spiro atoms. The first-order chi connectivity index (χ1) is 20.6. The maximum atomic E-state index is 2.47. The number of hydrogen-bond donors (Lipinski definition) is 0. The molecule has 0 saturated heterocycles. The highest BCUT2D eigenvalue weighted by Gasteiger charge is 2.36. The van der Waals surface area contributed by atoms with E-state index in [0.717, 1.165) is 0 Å². The van der Waals surface area contributed by atoms with Crippen molar-refractivity contribution in [3.05, 3.63) is 145 Å². The lowest BCUT2D eigenvalue weighted by molar-refractivity contribution is 0.661. The quantitative estimate of drug-likeness (QED) is 0.187. The summed E-state index contributed by atoms with van der Waals surface area (Å²) in [4.78, 5) is 0. The fraction of sp³-hybridized carbons (Fsp3) is 0.0732. The zero-order valence-electron chi connectivity index (χ0n) is 23.6. The Labute approximate surface area is 249 Å². The van der Waals surface area contributed by atoms with Gasteiger partial charge < -0.3 is 0 Å². The van der Waals surface area contributed by atoms with Gasteiger partial charge in [-0.3, -0.25) is 0 Å². The van der Waals surface area contributed by atoms with Gasteiger partial charge >= 0.3 is 0 Å². The molecular formula is C41H28S. The van der Waals surface area contributed by atoms with Crippen molar-refractivity contribution in [1.29, 1.82) is 0 Å². The summed E-state index contributed by atoms with van der Waals surface area (Å²) in [6, 6.07) is 49.6. The van der Waals surface area contributed by atoms with Crippen molar-refractivity contribution in [1.82, 2.24) is 0 Å². The molecule has 198 valence electrons. The largest absolute Gasteiger partial charge is 0.135 e. The van der Waals surface area contributed by atoms with Gasteiger partial charge in [0.15, 0.2) is 0 Å². The van der Waals surface area contributed by atoms with E-state index in [1.807, 2.05) is 11.3 Å². The van der Waals surface area contributed by atoms with Gasteiger partial charge in [-0.1, -0.05) is 129 Å². The van der Waals surface area contributed by atoms with Crippen molar-refractivity contribution in [2.24, 2.45) is 0 Å². The topological polar surface area (TPSA) is 0 Å². The lowest BCUT2D eigenvalue weighted by Gasteiger charge is -2.21. The Bertz CT molecular complexity index is 2310. The molecule has 0 unspecified atom stereocenters. The zero-order chi connectivity index (χ0) is 28.0. The summed E-state index contributed by atoms with van der Waals surface area (Å²) in [5.41, 5.74) is 10.8. The normalized spacial score (nSPS) is 13.7. The Hall–Kier alpha value is -4.72. The first kappa shape index (κ1) is 23.9. The Kier molecular flexibility index (Phi) is 4.93. The monoisotopic (exact) mass is 552 g/mol. The van der Waals surface area contributed by atoms with E-state index in [1.54, 1.807) is 0 Å². The predicted octanol–water partition coefficient (Wildman–Crippen LogP) is 12.0. The van der Waals surface area contributed by atoms with Crippen LogP contribution in [0, 0.1) is 0 Å².